The first-order valence-corrected chi connectivity index (χ1v) is 8.98. The number of ether oxygens (including phenoxy) is 1. The maximum absolute atomic E-state index is 12.2. The highest BCUT2D eigenvalue weighted by atomic mass is 32.2. The first-order valence-electron chi connectivity index (χ1n) is 7.50. The molecule has 2 rings (SSSR count). The van der Waals surface area contributed by atoms with Crippen LogP contribution in [0.3, 0.4) is 0 Å². The Labute approximate surface area is 141 Å². The van der Waals surface area contributed by atoms with Crippen LogP contribution in [0.5, 0.6) is 5.75 Å². The largest absolute Gasteiger partial charge is 0.494 e. The molecule has 0 aromatic heterocycles. The first kappa shape index (κ1) is 18.0. The molecular formula is C17H20N2O4S. The number of nitrogens with one attached hydrogen (secondary N) is 2. The van der Waals surface area contributed by atoms with Crippen molar-refractivity contribution in [1.29, 1.82) is 0 Å². The van der Waals surface area contributed by atoms with E-state index in [9.17, 15) is 13.2 Å². The third-order valence-electron chi connectivity index (χ3n) is 3.38. The molecule has 2 aromatic rings. The molecule has 0 aliphatic rings. The minimum absolute atomic E-state index is 0.0437. The van der Waals surface area contributed by atoms with Gasteiger partial charge in [0.1, 0.15) is 5.75 Å². The summed E-state index contributed by atoms with van der Waals surface area (Å²) in [6.07, 6.45) is 0.0957. The normalized spacial score (nSPS) is 11.1. The molecule has 2 N–H and O–H groups in total. The van der Waals surface area contributed by atoms with Crippen molar-refractivity contribution in [3.8, 4) is 5.75 Å². The number of amides is 1. The van der Waals surface area contributed by atoms with Crippen molar-refractivity contribution in [3.63, 3.8) is 0 Å². The number of hydrazine groups is 1. The van der Waals surface area contributed by atoms with E-state index in [1.165, 1.54) is 12.1 Å². The van der Waals surface area contributed by atoms with Crippen molar-refractivity contribution in [2.24, 2.45) is 0 Å². The Bertz CT molecular complexity index is 802. The van der Waals surface area contributed by atoms with Crippen molar-refractivity contribution in [2.75, 3.05) is 6.61 Å². The third-order valence-corrected chi connectivity index (χ3v) is 4.65. The van der Waals surface area contributed by atoms with Crippen LogP contribution in [-0.4, -0.2) is 20.9 Å². The van der Waals surface area contributed by atoms with Crippen LogP contribution >= 0.6 is 0 Å². The average molecular weight is 348 g/mol. The Kier molecular flexibility index (Phi) is 5.94. The number of carbonyl (C=O) groups excluding carboxylic acids is 1. The van der Waals surface area contributed by atoms with Gasteiger partial charge in [-0.05, 0) is 49.2 Å². The number of aryl methyl sites for hydroxylation is 1. The molecule has 0 radical (unpaired) electrons. The highest BCUT2D eigenvalue weighted by Gasteiger charge is 2.15. The Morgan fingerprint density at radius 3 is 2.38 bits per heavy atom. The molecule has 0 aliphatic heterocycles. The Morgan fingerprint density at radius 2 is 1.75 bits per heavy atom. The van der Waals surface area contributed by atoms with E-state index in [4.69, 9.17) is 4.74 Å². The molecule has 0 saturated carbocycles. The van der Waals surface area contributed by atoms with Gasteiger partial charge in [-0.25, -0.2) is 8.42 Å². The molecule has 2 aromatic carbocycles. The average Bonchev–Trinajstić information content (AvgIpc) is 2.56. The molecule has 0 unspecified atom stereocenters. The standard InChI is InChI=1S/C17H20N2O4S/c1-3-23-15-8-10-16(11-9-15)24(21,22)19-18-17(20)12-14-7-5-4-6-13(14)2/h4-11,19H,3,12H2,1-2H3,(H,18,20). The van der Waals surface area contributed by atoms with Gasteiger partial charge >= 0.3 is 0 Å². The van der Waals surface area contributed by atoms with Gasteiger partial charge < -0.3 is 4.74 Å². The van der Waals surface area contributed by atoms with Crippen molar-refractivity contribution in [1.82, 2.24) is 10.3 Å². The number of rotatable bonds is 7. The number of hydrogen-bond donors (Lipinski definition) is 2. The fraction of sp³-hybridized carbons (Fsp3) is 0.235. The van der Waals surface area contributed by atoms with Crippen LogP contribution in [0.2, 0.25) is 0 Å². The van der Waals surface area contributed by atoms with E-state index >= 15 is 0 Å². The zero-order valence-electron chi connectivity index (χ0n) is 13.6. The molecule has 0 heterocycles. The van der Waals surface area contributed by atoms with Gasteiger partial charge in [0.15, 0.2) is 0 Å². The number of carbonyl (C=O) groups is 1. The van der Waals surface area contributed by atoms with Gasteiger partial charge in [0, 0.05) is 0 Å². The zero-order valence-corrected chi connectivity index (χ0v) is 14.4. The van der Waals surface area contributed by atoms with Crippen molar-refractivity contribution < 1.29 is 17.9 Å². The lowest BCUT2D eigenvalue weighted by Gasteiger charge is -2.10. The second-order valence-corrected chi connectivity index (χ2v) is 6.84. The van der Waals surface area contributed by atoms with E-state index in [0.29, 0.717) is 12.4 Å². The molecule has 7 heteroatoms. The number of sulfonamides is 1. The van der Waals surface area contributed by atoms with E-state index < -0.39 is 15.9 Å². The number of benzene rings is 2. The molecule has 0 atom stereocenters. The molecule has 1 amide bonds. The van der Waals surface area contributed by atoms with Crippen LogP contribution in [0.1, 0.15) is 18.1 Å². The summed E-state index contributed by atoms with van der Waals surface area (Å²) < 4.78 is 29.6. The van der Waals surface area contributed by atoms with Gasteiger partial charge in [-0.3, -0.25) is 10.2 Å². The van der Waals surface area contributed by atoms with Crippen molar-refractivity contribution in [3.05, 3.63) is 59.7 Å². The highest BCUT2D eigenvalue weighted by Crippen LogP contribution is 2.15. The predicted molar refractivity (Wildman–Crippen MR) is 91.0 cm³/mol. The lowest BCUT2D eigenvalue weighted by molar-refractivity contribution is -0.120. The van der Waals surface area contributed by atoms with Crippen LogP contribution in [0.15, 0.2) is 53.4 Å². The van der Waals surface area contributed by atoms with Crippen LogP contribution in [0.4, 0.5) is 0 Å². The first-order chi connectivity index (χ1) is 11.4. The van der Waals surface area contributed by atoms with Gasteiger partial charge in [0.2, 0.25) is 5.91 Å². The molecule has 6 nitrogen and oxygen atoms in total. The second-order valence-electron chi connectivity index (χ2n) is 5.16. The van der Waals surface area contributed by atoms with Crippen LogP contribution in [-0.2, 0) is 21.2 Å². The molecule has 0 aliphatic carbocycles. The molecule has 0 fully saturated rings. The molecular weight excluding hydrogens is 328 g/mol. The lowest BCUT2D eigenvalue weighted by Crippen LogP contribution is -2.42. The summed E-state index contributed by atoms with van der Waals surface area (Å²) in [5.74, 6) is 0.152. The van der Waals surface area contributed by atoms with Gasteiger partial charge in [0.25, 0.3) is 10.0 Å². The fourth-order valence-corrected chi connectivity index (χ4v) is 2.95. The summed E-state index contributed by atoms with van der Waals surface area (Å²) in [5.41, 5.74) is 4.05. The highest BCUT2D eigenvalue weighted by molar-refractivity contribution is 7.89. The summed E-state index contributed by atoms with van der Waals surface area (Å²) in [4.78, 5) is 14.1. The van der Waals surface area contributed by atoms with E-state index in [1.807, 2.05) is 38.1 Å². The third kappa shape index (κ3) is 4.81. The minimum Gasteiger partial charge on any atom is -0.494 e. The van der Waals surface area contributed by atoms with E-state index in [2.05, 4.69) is 10.3 Å². The Hall–Kier alpha value is -2.38. The zero-order chi connectivity index (χ0) is 17.6. The molecule has 0 bridgehead atoms. The minimum atomic E-state index is -3.83. The van der Waals surface area contributed by atoms with E-state index in [0.717, 1.165) is 11.1 Å². The maximum atomic E-state index is 12.2. The summed E-state index contributed by atoms with van der Waals surface area (Å²) >= 11 is 0. The molecule has 128 valence electrons. The number of hydrogen-bond acceptors (Lipinski definition) is 4. The van der Waals surface area contributed by atoms with Crippen LogP contribution in [0, 0.1) is 6.92 Å². The smallest absolute Gasteiger partial charge is 0.257 e. The molecule has 0 spiro atoms. The monoisotopic (exact) mass is 348 g/mol. The Morgan fingerprint density at radius 1 is 1.08 bits per heavy atom. The van der Waals surface area contributed by atoms with Crippen LogP contribution < -0.4 is 15.0 Å². The molecule has 0 saturated heterocycles. The SMILES string of the molecule is CCOc1ccc(S(=O)(=O)NNC(=O)Cc2ccccc2C)cc1. The lowest BCUT2D eigenvalue weighted by atomic mass is 10.1. The summed E-state index contributed by atoms with van der Waals surface area (Å²) in [7, 11) is -3.83. The quantitative estimate of drug-likeness (QED) is 0.749. The maximum Gasteiger partial charge on any atom is 0.257 e. The predicted octanol–water partition coefficient (Wildman–Crippen LogP) is 1.95. The van der Waals surface area contributed by atoms with Gasteiger partial charge in [-0.2, -0.15) is 0 Å². The van der Waals surface area contributed by atoms with E-state index in [-0.39, 0.29) is 11.3 Å². The van der Waals surface area contributed by atoms with Gasteiger partial charge in [0.05, 0.1) is 17.9 Å². The summed E-state index contributed by atoms with van der Waals surface area (Å²) in [6, 6.07) is 13.4. The van der Waals surface area contributed by atoms with Gasteiger partial charge in [-0.1, -0.05) is 24.3 Å². The topological polar surface area (TPSA) is 84.5 Å². The van der Waals surface area contributed by atoms with Gasteiger partial charge in [-0.15, -0.1) is 4.83 Å². The van der Waals surface area contributed by atoms with Crippen molar-refractivity contribution in [2.45, 2.75) is 25.2 Å². The molecule has 24 heavy (non-hydrogen) atoms. The van der Waals surface area contributed by atoms with E-state index in [1.54, 1.807) is 12.1 Å². The summed E-state index contributed by atoms with van der Waals surface area (Å²) in [6.45, 7) is 4.24. The Balaban J connectivity index is 1.97. The second kappa shape index (κ2) is 7.94. The fourth-order valence-electron chi connectivity index (χ4n) is 2.09. The van der Waals surface area contributed by atoms with Crippen molar-refractivity contribution >= 4 is 15.9 Å². The summed E-state index contributed by atoms with van der Waals surface area (Å²) in [5, 5.41) is 0. The van der Waals surface area contributed by atoms with Crippen LogP contribution in [0.25, 0.3) is 0 Å².